The molecule has 0 fully saturated rings. The van der Waals surface area contributed by atoms with Gasteiger partial charge in [0.1, 0.15) is 0 Å². The van der Waals surface area contributed by atoms with Crippen molar-refractivity contribution < 1.29 is 13.2 Å². The largest absolute Gasteiger partial charge is 0.390 e. The molecular weight excluding hydrogens is 299 g/mol. The Morgan fingerprint density at radius 2 is 1.90 bits per heavy atom. The SMILES string of the molecule is CN=C(NCCC(F)(F)F)NCC(C)Sc1ccccc1. The van der Waals surface area contributed by atoms with E-state index in [0.29, 0.717) is 12.5 Å². The molecule has 0 aliphatic carbocycles. The Hall–Kier alpha value is -1.37. The number of hydrogen-bond donors (Lipinski definition) is 2. The van der Waals surface area contributed by atoms with E-state index in [9.17, 15) is 13.2 Å². The number of nitrogens with zero attached hydrogens (tertiary/aromatic N) is 1. The molecule has 1 atom stereocenters. The maximum absolute atomic E-state index is 12.1. The van der Waals surface area contributed by atoms with E-state index in [1.807, 2.05) is 37.3 Å². The van der Waals surface area contributed by atoms with E-state index >= 15 is 0 Å². The summed E-state index contributed by atoms with van der Waals surface area (Å²) in [5, 5.41) is 5.95. The minimum absolute atomic E-state index is 0.177. The lowest BCUT2D eigenvalue weighted by molar-refractivity contribution is -0.132. The minimum atomic E-state index is -4.15. The molecule has 1 rings (SSSR count). The summed E-state index contributed by atoms with van der Waals surface area (Å²) in [6.07, 6.45) is -5.02. The molecule has 1 aromatic rings. The summed E-state index contributed by atoms with van der Waals surface area (Å²) in [6.45, 7) is 2.49. The van der Waals surface area contributed by atoms with Gasteiger partial charge in [-0.2, -0.15) is 13.2 Å². The van der Waals surface area contributed by atoms with Crippen LogP contribution in [0.1, 0.15) is 13.3 Å². The monoisotopic (exact) mass is 319 g/mol. The highest BCUT2D eigenvalue weighted by Crippen LogP contribution is 2.22. The normalized spacial score (nSPS) is 13.9. The summed E-state index contributed by atoms with van der Waals surface area (Å²) in [5.74, 6) is 0.389. The van der Waals surface area contributed by atoms with Crippen LogP contribution in [0, 0.1) is 0 Å². The lowest BCUT2D eigenvalue weighted by atomic mass is 10.4. The molecule has 0 spiro atoms. The van der Waals surface area contributed by atoms with E-state index in [4.69, 9.17) is 0 Å². The van der Waals surface area contributed by atoms with Crippen LogP contribution in [0.15, 0.2) is 40.2 Å². The molecule has 0 radical (unpaired) electrons. The number of hydrogen-bond acceptors (Lipinski definition) is 2. The van der Waals surface area contributed by atoms with Crippen molar-refractivity contribution in [2.75, 3.05) is 20.1 Å². The fourth-order valence-electron chi connectivity index (χ4n) is 1.56. The van der Waals surface area contributed by atoms with Gasteiger partial charge in [0.25, 0.3) is 0 Å². The van der Waals surface area contributed by atoms with Gasteiger partial charge >= 0.3 is 6.18 Å². The average molecular weight is 319 g/mol. The Labute approximate surface area is 127 Å². The number of aliphatic imine (C=N–C) groups is 1. The number of nitrogens with one attached hydrogen (secondary N) is 2. The Morgan fingerprint density at radius 3 is 2.48 bits per heavy atom. The maximum atomic E-state index is 12.1. The van der Waals surface area contributed by atoms with Gasteiger partial charge in [-0.1, -0.05) is 25.1 Å². The lowest BCUT2D eigenvalue weighted by Gasteiger charge is -2.16. The Kier molecular flexibility index (Phi) is 7.42. The van der Waals surface area contributed by atoms with Crippen LogP contribution in [0.25, 0.3) is 0 Å². The van der Waals surface area contributed by atoms with Crippen molar-refractivity contribution in [3.05, 3.63) is 30.3 Å². The average Bonchev–Trinajstić information content (AvgIpc) is 2.42. The van der Waals surface area contributed by atoms with Crippen molar-refractivity contribution in [2.45, 2.75) is 29.7 Å². The summed E-state index contributed by atoms with van der Waals surface area (Å²) in [7, 11) is 1.54. The fraction of sp³-hybridized carbons (Fsp3) is 0.500. The minimum Gasteiger partial charge on any atom is -0.356 e. The quantitative estimate of drug-likeness (QED) is 0.480. The van der Waals surface area contributed by atoms with Gasteiger partial charge in [-0.05, 0) is 12.1 Å². The zero-order chi connectivity index (χ0) is 15.7. The number of halogens is 3. The third-order valence-corrected chi connectivity index (χ3v) is 3.68. The molecule has 0 bridgehead atoms. The van der Waals surface area contributed by atoms with Gasteiger partial charge < -0.3 is 10.6 Å². The molecule has 3 nitrogen and oxygen atoms in total. The number of guanidine groups is 1. The Bertz CT molecular complexity index is 435. The van der Waals surface area contributed by atoms with Gasteiger partial charge in [0, 0.05) is 30.3 Å². The van der Waals surface area contributed by atoms with Gasteiger partial charge in [0.15, 0.2) is 5.96 Å². The standard InChI is InChI=1S/C14H20F3N3S/c1-11(21-12-6-4-3-5-7-12)10-20-13(18-2)19-9-8-14(15,16)17/h3-7,11H,8-10H2,1-2H3,(H2,18,19,20). The second kappa shape index (κ2) is 8.81. The van der Waals surface area contributed by atoms with Crippen LogP contribution in [0.5, 0.6) is 0 Å². The first-order chi connectivity index (χ1) is 9.90. The molecule has 0 aromatic heterocycles. The summed E-state index contributed by atoms with van der Waals surface area (Å²) in [5.41, 5.74) is 0. The third-order valence-electron chi connectivity index (χ3n) is 2.56. The Balaban J connectivity index is 2.28. The van der Waals surface area contributed by atoms with Crippen LogP contribution in [-0.2, 0) is 0 Å². The van der Waals surface area contributed by atoms with Gasteiger partial charge in [-0.3, -0.25) is 4.99 Å². The van der Waals surface area contributed by atoms with Gasteiger partial charge in [0.05, 0.1) is 6.42 Å². The summed E-state index contributed by atoms with van der Waals surface area (Å²) >= 11 is 1.70. The first-order valence-electron chi connectivity index (χ1n) is 6.63. The van der Waals surface area contributed by atoms with Crippen molar-refractivity contribution in [1.82, 2.24) is 10.6 Å². The lowest BCUT2D eigenvalue weighted by Crippen LogP contribution is -2.41. The van der Waals surface area contributed by atoms with E-state index in [2.05, 4.69) is 15.6 Å². The number of thioether (sulfide) groups is 1. The molecule has 0 aliphatic rings. The highest BCUT2D eigenvalue weighted by molar-refractivity contribution is 8.00. The van der Waals surface area contributed by atoms with Crippen LogP contribution in [0.2, 0.25) is 0 Å². The van der Waals surface area contributed by atoms with Crippen LogP contribution in [-0.4, -0.2) is 37.5 Å². The predicted octanol–water partition coefficient (Wildman–Crippen LogP) is 3.28. The predicted molar refractivity (Wildman–Crippen MR) is 81.8 cm³/mol. The topological polar surface area (TPSA) is 36.4 Å². The second-order valence-electron chi connectivity index (χ2n) is 4.49. The molecule has 7 heteroatoms. The molecular formula is C14H20F3N3S. The van der Waals surface area contributed by atoms with Crippen molar-refractivity contribution in [3.63, 3.8) is 0 Å². The van der Waals surface area contributed by atoms with Crippen LogP contribution >= 0.6 is 11.8 Å². The number of rotatable bonds is 6. The highest BCUT2D eigenvalue weighted by atomic mass is 32.2. The van der Waals surface area contributed by atoms with Crippen molar-refractivity contribution >= 4 is 17.7 Å². The third kappa shape index (κ3) is 8.49. The van der Waals surface area contributed by atoms with Crippen molar-refractivity contribution in [3.8, 4) is 0 Å². The molecule has 0 amide bonds. The molecule has 0 saturated heterocycles. The van der Waals surface area contributed by atoms with E-state index < -0.39 is 12.6 Å². The highest BCUT2D eigenvalue weighted by Gasteiger charge is 2.26. The maximum Gasteiger partial charge on any atom is 0.390 e. The van der Waals surface area contributed by atoms with Crippen LogP contribution in [0.3, 0.4) is 0 Å². The van der Waals surface area contributed by atoms with Crippen LogP contribution < -0.4 is 10.6 Å². The molecule has 0 saturated carbocycles. The second-order valence-corrected chi connectivity index (χ2v) is 6.00. The van der Waals surface area contributed by atoms with E-state index in [1.165, 1.54) is 7.05 Å². The fourth-order valence-corrected chi connectivity index (χ4v) is 2.50. The molecule has 118 valence electrons. The first kappa shape index (κ1) is 17.7. The molecule has 0 heterocycles. The van der Waals surface area contributed by atoms with E-state index in [1.54, 1.807) is 11.8 Å². The summed E-state index contributed by atoms with van der Waals surface area (Å²) < 4.78 is 36.2. The van der Waals surface area contributed by atoms with Crippen molar-refractivity contribution in [1.29, 1.82) is 0 Å². The number of alkyl halides is 3. The zero-order valence-corrected chi connectivity index (χ0v) is 12.9. The van der Waals surface area contributed by atoms with Gasteiger partial charge in [-0.25, -0.2) is 0 Å². The van der Waals surface area contributed by atoms with E-state index in [-0.39, 0.29) is 11.8 Å². The van der Waals surface area contributed by atoms with Crippen LogP contribution in [0.4, 0.5) is 13.2 Å². The summed E-state index contributed by atoms with van der Waals surface area (Å²) in [4.78, 5) is 5.06. The van der Waals surface area contributed by atoms with Crippen molar-refractivity contribution in [2.24, 2.45) is 4.99 Å². The first-order valence-corrected chi connectivity index (χ1v) is 7.51. The molecule has 21 heavy (non-hydrogen) atoms. The molecule has 2 N–H and O–H groups in total. The smallest absolute Gasteiger partial charge is 0.356 e. The molecule has 0 aliphatic heterocycles. The molecule has 1 unspecified atom stereocenters. The molecule has 1 aromatic carbocycles. The number of benzene rings is 1. The Morgan fingerprint density at radius 1 is 1.24 bits per heavy atom. The van der Waals surface area contributed by atoms with Gasteiger partial charge in [0.2, 0.25) is 0 Å². The van der Waals surface area contributed by atoms with Gasteiger partial charge in [-0.15, -0.1) is 11.8 Å². The zero-order valence-electron chi connectivity index (χ0n) is 12.1. The van der Waals surface area contributed by atoms with E-state index in [0.717, 1.165) is 4.90 Å². The summed E-state index contributed by atoms with van der Waals surface area (Å²) in [6, 6.07) is 9.95.